The lowest BCUT2D eigenvalue weighted by atomic mass is 10.0. The first kappa shape index (κ1) is 66.2. The molecular formula is C102H64N10O3Si. The van der Waals surface area contributed by atoms with Gasteiger partial charge < -0.3 is 31.5 Å². The van der Waals surface area contributed by atoms with Crippen molar-refractivity contribution < 1.29 is 13.3 Å². The van der Waals surface area contributed by atoms with Crippen LogP contribution < -0.4 is 20.7 Å². The lowest BCUT2D eigenvalue weighted by molar-refractivity contribution is 0.650. The molecule has 15 aromatic carbocycles. The van der Waals surface area contributed by atoms with Crippen molar-refractivity contribution in [1.82, 2.24) is 48.2 Å². The Morgan fingerprint density at radius 2 is 0.517 bits per heavy atom. The van der Waals surface area contributed by atoms with E-state index in [0.29, 0.717) is 17.1 Å². The maximum absolute atomic E-state index is 6.52. The molecule has 0 fully saturated rings. The molecule has 25 rings (SSSR count). The normalized spacial score (nSPS) is 12.0. The van der Waals surface area contributed by atoms with Gasteiger partial charge in [-0.3, -0.25) is 0 Å². The SMILES string of the molecule is c1ccc([Si](c2ccccc2)(c2ccccc2)c2ccc(-c3cc(-n4c5ccccc5c5ccccc54)cc4c3oc3nccnc34)cc2)cc1.c1ccc2c(c1)c1ccccc1n2-c1cc(-n2c3ccccc3c3ccccc32)c2oc3nccnc3c2c1.c1ccc2c(c1)c1ccccc1n2-c1ccc2oc3nccnc3c2c1. The second-order valence-corrected chi connectivity index (χ2v) is 33.0. The zero-order chi connectivity index (χ0) is 76.4. The van der Waals surface area contributed by atoms with Gasteiger partial charge >= 0.3 is 0 Å². The molecule has 0 atom stereocenters. The molecule has 0 amide bonds. The molecule has 544 valence electrons. The molecule has 0 aliphatic heterocycles. The van der Waals surface area contributed by atoms with Crippen molar-refractivity contribution in [2.75, 3.05) is 0 Å². The average Bonchev–Trinajstić information content (AvgIpc) is 1.61. The first-order valence-electron chi connectivity index (χ1n) is 38.8. The van der Waals surface area contributed by atoms with Crippen molar-refractivity contribution >= 4 is 183 Å². The first-order valence-corrected chi connectivity index (χ1v) is 40.8. The first-order chi connectivity index (χ1) is 57.6. The summed E-state index contributed by atoms with van der Waals surface area (Å²) in [4.78, 5) is 27.2. The summed E-state index contributed by atoms with van der Waals surface area (Å²) < 4.78 is 28.1. The van der Waals surface area contributed by atoms with E-state index in [9.17, 15) is 0 Å². The summed E-state index contributed by atoms with van der Waals surface area (Å²) in [5.41, 5.74) is 21.8. The Kier molecular flexibility index (Phi) is 15.3. The van der Waals surface area contributed by atoms with Gasteiger partial charge in [-0.2, -0.15) is 0 Å². The van der Waals surface area contributed by atoms with E-state index in [1.54, 1.807) is 37.2 Å². The highest BCUT2D eigenvalue weighted by atomic mass is 28.3. The Morgan fingerprint density at radius 1 is 0.216 bits per heavy atom. The van der Waals surface area contributed by atoms with Gasteiger partial charge in [0.1, 0.15) is 27.7 Å². The standard InChI is InChI=1S/C46H31N3OSi.C34H20N4O.C22H13N3O/c1-4-14-34(15-5-1)51(35-16-6-2-7-17-35,36-18-8-3-9-19-36)37-26-24-32(25-27-37)40-30-33(31-41-44-46(50-45(40)41)48-29-28-47-44)49-42-22-12-10-20-38(42)39-21-11-13-23-43(39)49;1-5-13-27-22(9-1)23-10-2-6-14-28(23)37(27)21-19-26-32-34(36-18-17-35-32)39-33(26)31(20-21)38-29-15-7-3-11-24(29)25-12-4-8-16-30(25)38;1-3-7-18-15(5-1)16-6-2-4-8-19(16)25(18)14-9-10-20-17(13-14)21-22(26-20)24-12-11-23-21/h1-31H;1-20H;1-13H. The molecule has 0 N–H and O–H groups in total. The summed E-state index contributed by atoms with van der Waals surface area (Å²) >= 11 is 0. The molecule has 10 heterocycles. The minimum Gasteiger partial charge on any atom is -0.436 e. The summed E-state index contributed by atoms with van der Waals surface area (Å²) in [5, 5.41) is 18.0. The molecule has 0 spiro atoms. The van der Waals surface area contributed by atoms with Crippen LogP contribution in [-0.2, 0) is 0 Å². The van der Waals surface area contributed by atoms with Gasteiger partial charge in [0.15, 0.2) is 13.7 Å². The summed E-state index contributed by atoms with van der Waals surface area (Å²) in [6.07, 6.45) is 10.2. The van der Waals surface area contributed by atoms with Gasteiger partial charge in [0.05, 0.1) is 66.0 Å². The van der Waals surface area contributed by atoms with Crippen molar-refractivity contribution in [2.45, 2.75) is 0 Å². The highest BCUT2D eigenvalue weighted by molar-refractivity contribution is 7.19. The summed E-state index contributed by atoms with van der Waals surface area (Å²) in [6, 6.07) is 126. The quantitative estimate of drug-likeness (QED) is 0.102. The Labute approximate surface area is 662 Å². The van der Waals surface area contributed by atoms with E-state index in [4.69, 9.17) is 18.2 Å². The van der Waals surface area contributed by atoms with Crippen LogP contribution in [0.3, 0.4) is 0 Å². The lowest BCUT2D eigenvalue weighted by Gasteiger charge is -2.34. The van der Waals surface area contributed by atoms with E-state index in [-0.39, 0.29) is 0 Å². The molecule has 14 heteroatoms. The van der Waals surface area contributed by atoms with Crippen molar-refractivity contribution in [2.24, 2.45) is 0 Å². The lowest BCUT2D eigenvalue weighted by Crippen LogP contribution is -2.74. The Bertz CT molecular complexity index is 7870. The van der Waals surface area contributed by atoms with Gasteiger partial charge in [0, 0.05) is 103 Å². The van der Waals surface area contributed by atoms with Gasteiger partial charge in [-0.15, -0.1) is 0 Å². The second kappa shape index (κ2) is 26.8. The fourth-order valence-electron chi connectivity index (χ4n) is 18.2. The fraction of sp³-hybridized carbons (Fsp3) is 0. The van der Waals surface area contributed by atoms with Crippen LogP contribution >= 0.6 is 0 Å². The Balaban J connectivity index is 0.000000108. The number of para-hydroxylation sites is 8. The number of hydrogen-bond acceptors (Lipinski definition) is 9. The third kappa shape index (κ3) is 10.3. The second-order valence-electron chi connectivity index (χ2n) is 29.2. The van der Waals surface area contributed by atoms with Crippen LogP contribution in [0.4, 0.5) is 0 Å². The Morgan fingerprint density at radius 3 is 0.922 bits per heavy atom. The number of benzene rings is 15. The van der Waals surface area contributed by atoms with Gasteiger partial charge in [-0.25, -0.2) is 29.9 Å². The molecule has 0 unspecified atom stereocenters. The molecule has 0 aliphatic carbocycles. The van der Waals surface area contributed by atoms with E-state index in [1.165, 1.54) is 74.9 Å². The molecular weight excluding hydrogens is 1440 g/mol. The largest absolute Gasteiger partial charge is 0.436 e. The highest BCUT2D eigenvalue weighted by Crippen LogP contribution is 2.44. The molecule has 25 aromatic rings. The van der Waals surface area contributed by atoms with Crippen LogP contribution in [0.15, 0.2) is 402 Å². The summed E-state index contributed by atoms with van der Waals surface area (Å²) in [5.74, 6) is 0. The van der Waals surface area contributed by atoms with Crippen LogP contribution in [0.5, 0.6) is 0 Å². The van der Waals surface area contributed by atoms with Crippen LogP contribution in [0.1, 0.15) is 0 Å². The third-order valence-corrected chi connectivity index (χ3v) is 27.8. The smallest absolute Gasteiger partial charge is 0.246 e. The monoisotopic (exact) mass is 1500 g/mol. The number of rotatable bonds is 9. The van der Waals surface area contributed by atoms with E-state index in [2.05, 4.69) is 389 Å². The summed E-state index contributed by atoms with van der Waals surface area (Å²) in [6.45, 7) is 0. The topological polar surface area (TPSA) is 136 Å². The van der Waals surface area contributed by atoms with Gasteiger partial charge in [-0.05, 0) is 117 Å². The number of aromatic nitrogens is 10. The summed E-state index contributed by atoms with van der Waals surface area (Å²) in [7, 11) is -2.67. The molecule has 0 aliphatic rings. The van der Waals surface area contributed by atoms with E-state index < -0.39 is 8.07 Å². The molecule has 0 bridgehead atoms. The zero-order valence-electron chi connectivity index (χ0n) is 62.1. The van der Waals surface area contributed by atoms with Crippen molar-refractivity contribution in [3.05, 3.63) is 389 Å². The number of fused-ring (bicyclic) bond motifs is 21. The van der Waals surface area contributed by atoms with Gasteiger partial charge in [-0.1, -0.05) is 261 Å². The van der Waals surface area contributed by atoms with E-state index >= 15 is 0 Å². The zero-order valence-corrected chi connectivity index (χ0v) is 63.1. The maximum atomic E-state index is 6.52. The highest BCUT2D eigenvalue weighted by Gasteiger charge is 2.41. The van der Waals surface area contributed by atoms with Crippen molar-refractivity contribution in [3.63, 3.8) is 0 Å². The van der Waals surface area contributed by atoms with Crippen molar-refractivity contribution in [3.8, 4) is 33.9 Å². The number of hydrogen-bond donors (Lipinski definition) is 0. The number of furan rings is 3. The predicted octanol–water partition coefficient (Wildman–Crippen LogP) is 22.6. The minimum atomic E-state index is -2.67. The minimum absolute atomic E-state index is 0.536. The van der Waals surface area contributed by atoms with E-state index in [1.807, 2.05) is 6.07 Å². The number of nitrogens with zero attached hydrogens (tertiary/aromatic N) is 10. The predicted molar refractivity (Wildman–Crippen MR) is 474 cm³/mol. The Hall–Kier alpha value is -15.6. The van der Waals surface area contributed by atoms with Crippen LogP contribution in [0.2, 0.25) is 0 Å². The molecule has 0 saturated carbocycles. The molecule has 10 aromatic heterocycles. The molecule has 116 heavy (non-hydrogen) atoms. The fourth-order valence-corrected chi connectivity index (χ4v) is 22.9. The van der Waals surface area contributed by atoms with E-state index in [0.717, 1.165) is 116 Å². The van der Waals surface area contributed by atoms with Gasteiger partial charge in [0.2, 0.25) is 17.1 Å². The average molecular weight is 1510 g/mol. The van der Waals surface area contributed by atoms with Crippen LogP contribution in [0, 0.1) is 0 Å². The van der Waals surface area contributed by atoms with Gasteiger partial charge in [0.25, 0.3) is 0 Å². The third-order valence-electron chi connectivity index (χ3n) is 23.0. The maximum Gasteiger partial charge on any atom is 0.246 e. The van der Waals surface area contributed by atoms with Crippen LogP contribution in [-0.4, -0.2) is 56.2 Å². The van der Waals surface area contributed by atoms with Crippen molar-refractivity contribution in [1.29, 1.82) is 0 Å². The molecule has 13 nitrogen and oxygen atoms in total. The van der Waals surface area contributed by atoms with Crippen LogP contribution in [0.25, 0.3) is 188 Å². The molecule has 0 saturated heterocycles. The molecule has 0 radical (unpaired) electrons.